The van der Waals surface area contributed by atoms with Crippen molar-refractivity contribution in [3.05, 3.63) is 33.1 Å². The largest absolute Gasteiger partial charge is 0.408 e. The van der Waals surface area contributed by atoms with Crippen LogP contribution in [-0.2, 0) is 13.9 Å². The maximum Gasteiger partial charge on any atom is 0.330 e. The van der Waals surface area contributed by atoms with Crippen molar-refractivity contribution in [3.63, 3.8) is 0 Å². The molecular formula is C17H30N2O6Si. The molecule has 2 N–H and O–H groups in total. The average molecular weight is 387 g/mol. The number of ether oxygens (including phenoxy) is 2. The maximum absolute atomic E-state index is 12.2. The molecule has 1 aromatic heterocycles. The number of aromatic nitrogens is 2. The molecule has 2 unspecified atom stereocenters. The van der Waals surface area contributed by atoms with Gasteiger partial charge in [0.05, 0.1) is 6.10 Å². The Morgan fingerprint density at radius 2 is 1.96 bits per heavy atom. The second kappa shape index (κ2) is 7.77. The zero-order chi connectivity index (χ0) is 19.7. The molecule has 8 nitrogen and oxygen atoms in total. The lowest BCUT2D eigenvalue weighted by Crippen LogP contribution is -2.50. The second-order valence-corrected chi connectivity index (χ2v) is 12.9. The van der Waals surface area contributed by atoms with Gasteiger partial charge in [-0.05, 0) is 24.6 Å². The molecule has 9 heteroatoms. The first kappa shape index (κ1) is 21.0. The molecule has 4 atom stereocenters. The Hall–Kier alpha value is -1.26. The molecule has 2 rings (SSSR count). The van der Waals surface area contributed by atoms with Crippen LogP contribution in [0, 0.1) is 0 Å². The Balaban J connectivity index is 2.39. The van der Waals surface area contributed by atoms with E-state index in [9.17, 15) is 14.7 Å². The third-order valence-electron chi connectivity index (χ3n) is 5.33. The van der Waals surface area contributed by atoms with Gasteiger partial charge in [0.25, 0.3) is 5.56 Å². The molecule has 1 fully saturated rings. The van der Waals surface area contributed by atoms with Crippen LogP contribution >= 0.6 is 0 Å². The van der Waals surface area contributed by atoms with Gasteiger partial charge in [-0.2, -0.15) is 0 Å². The van der Waals surface area contributed by atoms with Gasteiger partial charge in [0, 0.05) is 26.0 Å². The summed E-state index contributed by atoms with van der Waals surface area (Å²) < 4.78 is 19.5. The van der Waals surface area contributed by atoms with Gasteiger partial charge < -0.3 is 19.0 Å². The lowest BCUT2D eigenvalue weighted by Gasteiger charge is -2.40. The average Bonchev–Trinajstić information content (AvgIpc) is 2.83. The molecule has 0 saturated carbocycles. The molecule has 1 aromatic rings. The molecule has 0 bridgehead atoms. The van der Waals surface area contributed by atoms with E-state index in [0.717, 1.165) is 0 Å². The molecule has 0 radical (unpaired) electrons. The van der Waals surface area contributed by atoms with Gasteiger partial charge in [-0.25, -0.2) is 4.79 Å². The van der Waals surface area contributed by atoms with E-state index in [4.69, 9.17) is 13.9 Å². The minimum absolute atomic E-state index is 0.0119. The molecule has 148 valence electrons. The van der Waals surface area contributed by atoms with Crippen LogP contribution in [0.4, 0.5) is 0 Å². The Bertz CT molecular complexity index is 723. The van der Waals surface area contributed by atoms with Gasteiger partial charge in [0.15, 0.2) is 14.5 Å². The van der Waals surface area contributed by atoms with E-state index in [1.54, 1.807) is 7.11 Å². The van der Waals surface area contributed by atoms with E-state index < -0.39 is 44.1 Å². The minimum Gasteiger partial charge on any atom is -0.408 e. The van der Waals surface area contributed by atoms with Crippen molar-refractivity contribution in [1.29, 1.82) is 0 Å². The van der Waals surface area contributed by atoms with Crippen molar-refractivity contribution in [3.8, 4) is 0 Å². The van der Waals surface area contributed by atoms with Crippen LogP contribution in [0.25, 0.3) is 0 Å². The summed E-state index contributed by atoms with van der Waals surface area (Å²) in [5, 5.41) is 9.42. The highest BCUT2D eigenvalue weighted by Gasteiger charge is 2.51. The SMILES string of the molecule is COC1C(O[Si](C)(C)C(C)(C)C)[C@@H](CCO)O[C@H]1n1ccc(=O)[nH]c1=O. The molecular weight excluding hydrogens is 356 g/mol. The molecule has 1 saturated heterocycles. The van der Waals surface area contributed by atoms with E-state index in [1.807, 2.05) is 0 Å². The van der Waals surface area contributed by atoms with Crippen LogP contribution in [0.3, 0.4) is 0 Å². The van der Waals surface area contributed by atoms with Gasteiger partial charge in [-0.15, -0.1) is 0 Å². The normalized spacial score (nSPS) is 27.0. The Labute approximate surface area is 154 Å². The van der Waals surface area contributed by atoms with Gasteiger partial charge in [-0.1, -0.05) is 20.8 Å². The number of methoxy groups -OCH3 is 1. The molecule has 0 amide bonds. The highest BCUT2D eigenvalue weighted by molar-refractivity contribution is 6.74. The van der Waals surface area contributed by atoms with Gasteiger partial charge in [-0.3, -0.25) is 14.3 Å². The van der Waals surface area contributed by atoms with Crippen molar-refractivity contribution >= 4 is 8.32 Å². The fourth-order valence-electron chi connectivity index (χ4n) is 2.83. The zero-order valence-electron chi connectivity index (χ0n) is 16.3. The monoisotopic (exact) mass is 386 g/mol. The fourth-order valence-corrected chi connectivity index (χ4v) is 4.15. The van der Waals surface area contributed by atoms with Crippen LogP contribution in [-0.4, -0.2) is 55.0 Å². The quantitative estimate of drug-likeness (QED) is 0.713. The molecule has 0 aliphatic carbocycles. The topological polar surface area (TPSA) is 103 Å². The number of nitrogens with zero attached hydrogens (tertiary/aromatic N) is 1. The highest BCUT2D eigenvalue weighted by atomic mass is 28.4. The third kappa shape index (κ3) is 4.17. The number of H-pyrrole nitrogens is 1. The summed E-state index contributed by atoms with van der Waals surface area (Å²) in [7, 11) is -0.596. The minimum atomic E-state index is -2.14. The Kier molecular flexibility index (Phi) is 6.29. The first-order valence-corrected chi connectivity index (χ1v) is 11.7. The summed E-state index contributed by atoms with van der Waals surface area (Å²) in [6, 6.07) is 1.26. The lowest BCUT2D eigenvalue weighted by molar-refractivity contribution is -0.0565. The van der Waals surface area contributed by atoms with Gasteiger partial charge >= 0.3 is 5.69 Å². The Morgan fingerprint density at radius 1 is 1.31 bits per heavy atom. The molecule has 0 spiro atoms. The molecule has 0 aromatic carbocycles. The predicted octanol–water partition coefficient (Wildman–Crippen LogP) is 1.22. The maximum atomic E-state index is 12.2. The zero-order valence-corrected chi connectivity index (χ0v) is 17.3. The number of hydrogen-bond donors (Lipinski definition) is 2. The summed E-state index contributed by atoms with van der Waals surface area (Å²) in [5.41, 5.74) is -1.04. The van der Waals surface area contributed by atoms with Crippen LogP contribution in [0.2, 0.25) is 18.1 Å². The summed E-state index contributed by atoms with van der Waals surface area (Å²) >= 11 is 0. The van der Waals surface area contributed by atoms with E-state index >= 15 is 0 Å². The van der Waals surface area contributed by atoms with Gasteiger partial charge in [0.2, 0.25) is 0 Å². The fraction of sp³-hybridized carbons (Fsp3) is 0.765. The highest BCUT2D eigenvalue weighted by Crippen LogP contribution is 2.42. The van der Waals surface area contributed by atoms with Crippen molar-refractivity contribution in [2.75, 3.05) is 13.7 Å². The molecule has 26 heavy (non-hydrogen) atoms. The number of aliphatic hydroxyl groups excluding tert-OH is 1. The van der Waals surface area contributed by atoms with Crippen LogP contribution < -0.4 is 11.2 Å². The molecule has 2 heterocycles. The number of nitrogens with one attached hydrogen (secondary N) is 1. The first-order chi connectivity index (χ1) is 12.0. The number of hydrogen-bond acceptors (Lipinski definition) is 6. The van der Waals surface area contributed by atoms with Crippen LogP contribution in [0.15, 0.2) is 21.9 Å². The van der Waals surface area contributed by atoms with Crippen molar-refractivity contribution in [2.45, 2.75) is 69.9 Å². The number of aliphatic hydroxyl groups is 1. The summed E-state index contributed by atoms with van der Waals surface area (Å²) in [6.45, 7) is 10.6. The van der Waals surface area contributed by atoms with Crippen molar-refractivity contribution in [2.24, 2.45) is 0 Å². The van der Waals surface area contributed by atoms with Crippen LogP contribution in [0.5, 0.6) is 0 Å². The van der Waals surface area contributed by atoms with E-state index in [-0.39, 0.29) is 11.6 Å². The summed E-state index contributed by atoms with van der Waals surface area (Å²) in [6.07, 6.45) is -0.351. The lowest BCUT2D eigenvalue weighted by atomic mass is 10.1. The predicted molar refractivity (Wildman–Crippen MR) is 99.8 cm³/mol. The molecule has 1 aliphatic heterocycles. The number of rotatable bonds is 6. The summed E-state index contributed by atoms with van der Waals surface area (Å²) in [5.74, 6) is 0. The third-order valence-corrected chi connectivity index (χ3v) is 9.81. The summed E-state index contributed by atoms with van der Waals surface area (Å²) in [4.78, 5) is 25.8. The van der Waals surface area contributed by atoms with Gasteiger partial charge in [0.1, 0.15) is 12.2 Å². The van der Waals surface area contributed by atoms with E-state index in [1.165, 1.54) is 16.8 Å². The first-order valence-electron chi connectivity index (χ1n) is 8.80. The Morgan fingerprint density at radius 3 is 2.46 bits per heavy atom. The van der Waals surface area contributed by atoms with Crippen molar-refractivity contribution < 1.29 is 19.0 Å². The standard InChI is InChI=1S/C17H30N2O6Si/c1-17(2,3)26(5,6)25-13-11(8-10-20)24-15(14(13)23-4)19-9-7-12(21)18-16(19)22/h7,9,11,13-15,20H,8,10H2,1-6H3,(H,18,21,22)/t11-,13?,14?,15-/m1/s1. The molecule has 1 aliphatic rings. The smallest absolute Gasteiger partial charge is 0.330 e. The number of aromatic amines is 1. The van der Waals surface area contributed by atoms with Crippen molar-refractivity contribution in [1.82, 2.24) is 9.55 Å². The van der Waals surface area contributed by atoms with E-state index in [2.05, 4.69) is 38.8 Å². The van der Waals surface area contributed by atoms with E-state index in [0.29, 0.717) is 6.42 Å². The second-order valence-electron chi connectivity index (χ2n) is 8.14. The van der Waals surface area contributed by atoms with Crippen LogP contribution in [0.1, 0.15) is 33.4 Å².